The van der Waals surface area contributed by atoms with E-state index in [1.807, 2.05) is 24.4 Å². The molecule has 92 valence electrons. The van der Waals surface area contributed by atoms with Crippen LogP contribution in [-0.4, -0.2) is 17.3 Å². The predicted molar refractivity (Wildman–Crippen MR) is 74.2 cm³/mol. The van der Waals surface area contributed by atoms with E-state index in [0.29, 0.717) is 12.2 Å². The summed E-state index contributed by atoms with van der Waals surface area (Å²) in [4.78, 5) is 4.37. The maximum atomic E-state index is 8.77. The molecule has 0 aliphatic rings. The summed E-state index contributed by atoms with van der Waals surface area (Å²) >= 11 is 3.34. The summed E-state index contributed by atoms with van der Waals surface area (Å²) in [6.45, 7) is 2.60. The monoisotopic (exact) mass is 276 g/mol. The van der Waals surface area contributed by atoms with Crippen molar-refractivity contribution in [1.29, 1.82) is 5.26 Å². The molecule has 0 atom stereocenters. The lowest BCUT2D eigenvalue weighted by atomic mass is 10.2. The Kier molecular flexibility index (Phi) is 4.62. The number of benzene rings is 1. The average Bonchev–Trinajstić information content (AvgIpc) is 2.81. The van der Waals surface area contributed by atoms with E-state index < -0.39 is 0 Å². The van der Waals surface area contributed by atoms with Gasteiger partial charge in [-0.1, -0.05) is 17.8 Å². The molecule has 1 aromatic carbocycles. The normalized spacial score (nSPS) is 10.0. The molecule has 18 heavy (non-hydrogen) atoms. The average molecular weight is 276 g/mol. The van der Waals surface area contributed by atoms with E-state index in [-0.39, 0.29) is 0 Å². The van der Waals surface area contributed by atoms with E-state index in [1.165, 1.54) is 0 Å². The van der Waals surface area contributed by atoms with E-state index in [0.717, 1.165) is 21.5 Å². The van der Waals surface area contributed by atoms with Gasteiger partial charge in [0.05, 0.1) is 18.2 Å². The third-order valence-corrected chi connectivity index (χ3v) is 4.24. The van der Waals surface area contributed by atoms with Crippen molar-refractivity contribution in [3.05, 3.63) is 40.9 Å². The van der Waals surface area contributed by atoms with Gasteiger partial charge in [0, 0.05) is 16.8 Å². The van der Waals surface area contributed by atoms with Crippen LogP contribution in [0.2, 0.25) is 0 Å². The van der Waals surface area contributed by atoms with Crippen LogP contribution in [0, 0.1) is 18.3 Å². The molecule has 2 rings (SSSR count). The molecule has 5 heteroatoms. The van der Waals surface area contributed by atoms with Gasteiger partial charge >= 0.3 is 0 Å². The van der Waals surface area contributed by atoms with Gasteiger partial charge in [0.25, 0.3) is 0 Å². The van der Waals surface area contributed by atoms with Gasteiger partial charge in [-0.2, -0.15) is 5.26 Å². The zero-order valence-corrected chi connectivity index (χ0v) is 11.6. The van der Waals surface area contributed by atoms with Crippen LogP contribution in [0.15, 0.2) is 34.0 Å². The molecule has 0 unspecified atom stereocenters. The Labute approximate surface area is 114 Å². The number of hydrogen-bond donors (Lipinski definition) is 0. The quantitative estimate of drug-likeness (QED) is 0.619. The molecule has 0 N–H and O–H groups in total. The van der Waals surface area contributed by atoms with Crippen LogP contribution in [0.5, 0.6) is 5.75 Å². The molecule has 0 bridgehead atoms. The lowest BCUT2D eigenvalue weighted by Crippen LogP contribution is -2.00. The van der Waals surface area contributed by atoms with Crippen LogP contribution in [0.4, 0.5) is 0 Å². The number of rotatable bonds is 5. The standard InChI is InChI=1S/C13H12N2OS2/c1-10-9-18-13(15-10)17-6-5-16-12-4-2-3-11(7-12)8-14/h2-4,7,9H,5-6H2,1H3. The first-order valence-corrected chi connectivity index (χ1v) is 7.32. The number of nitriles is 1. The minimum atomic E-state index is 0.609. The summed E-state index contributed by atoms with van der Waals surface area (Å²) < 4.78 is 6.65. The number of aromatic nitrogens is 1. The Morgan fingerprint density at radius 2 is 2.39 bits per heavy atom. The van der Waals surface area contributed by atoms with Crippen LogP contribution in [0.1, 0.15) is 11.3 Å². The predicted octanol–water partition coefficient (Wildman–Crippen LogP) is 3.49. The summed E-state index contributed by atoms with van der Waals surface area (Å²) in [7, 11) is 0. The number of thiazole rings is 1. The van der Waals surface area contributed by atoms with Crippen LogP contribution < -0.4 is 4.74 Å². The largest absolute Gasteiger partial charge is 0.493 e. The molecule has 0 amide bonds. The highest BCUT2D eigenvalue weighted by molar-refractivity contribution is 8.01. The minimum Gasteiger partial charge on any atom is -0.493 e. The number of thioether (sulfide) groups is 1. The second kappa shape index (κ2) is 6.43. The number of nitrogens with zero attached hydrogens (tertiary/aromatic N) is 2. The van der Waals surface area contributed by atoms with E-state index in [4.69, 9.17) is 10.00 Å². The molecule has 0 fully saturated rings. The van der Waals surface area contributed by atoms with Gasteiger partial charge in [-0.05, 0) is 25.1 Å². The van der Waals surface area contributed by atoms with Crippen LogP contribution in [0.25, 0.3) is 0 Å². The van der Waals surface area contributed by atoms with Crippen LogP contribution in [0.3, 0.4) is 0 Å². The van der Waals surface area contributed by atoms with E-state index in [2.05, 4.69) is 11.1 Å². The molecule has 3 nitrogen and oxygen atoms in total. The van der Waals surface area contributed by atoms with Crippen molar-refractivity contribution in [1.82, 2.24) is 4.98 Å². The first-order chi connectivity index (χ1) is 8.78. The highest BCUT2D eigenvalue weighted by atomic mass is 32.2. The van der Waals surface area contributed by atoms with Gasteiger partial charge in [-0.25, -0.2) is 4.98 Å². The maximum absolute atomic E-state index is 8.77. The summed E-state index contributed by atoms with van der Waals surface area (Å²) in [5.41, 5.74) is 1.68. The topological polar surface area (TPSA) is 45.9 Å². The van der Waals surface area contributed by atoms with Gasteiger partial charge in [0.2, 0.25) is 0 Å². The molecule has 0 saturated carbocycles. The van der Waals surface area contributed by atoms with E-state index in [9.17, 15) is 0 Å². The molecule has 1 aromatic heterocycles. The second-order valence-electron chi connectivity index (χ2n) is 3.59. The van der Waals surface area contributed by atoms with Crippen molar-refractivity contribution >= 4 is 23.1 Å². The number of aryl methyl sites for hydroxylation is 1. The van der Waals surface area contributed by atoms with Crippen molar-refractivity contribution < 1.29 is 4.74 Å². The second-order valence-corrected chi connectivity index (χ2v) is 5.79. The highest BCUT2D eigenvalue weighted by Crippen LogP contribution is 2.22. The van der Waals surface area contributed by atoms with Crippen LogP contribution >= 0.6 is 23.1 Å². The zero-order chi connectivity index (χ0) is 12.8. The fourth-order valence-corrected chi connectivity index (χ4v) is 3.08. The zero-order valence-electron chi connectivity index (χ0n) is 9.92. The molecule has 2 aromatic rings. The molecule has 0 aliphatic heterocycles. The van der Waals surface area contributed by atoms with Crippen molar-refractivity contribution in [3.8, 4) is 11.8 Å². The fourth-order valence-electron chi connectivity index (χ4n) is 1.34. The van der Waals surface area contributed by atoms with Gasteiger partial charge < -0.3 is 4.74 Å². The summed E-state index contributed by atoms with van der Waals surface area (Å²) in [5, 5.41) is 10.8. The van der Waals surface area contributed by atoms with Gasteiger partial charge in [-0.15, -0.1) is 11.3 Å². The fraction of sp³-hybridized carbons (Fsp3) is 0.231. The van der Waals surface area contributed by atoms with E-state index >= 15 is 0 Å². The Morgan fingerprint density at radius 1 is 1.50 bits per heavy atom. The third kappa shape index (κ3) is 3.76. The van der Waals surface area contributed by atoms with Crippen molar-refractivity contribution in [2.24, 2.45) is 0 Å². The molecular formula is C13H12N2OS2. The van der Waals surface area contributed by atoms with Crippen molar-refractivity contribution in [2.75, 3.05) is 12.4 Å². The lowest BCUT2D eigenvalue weighted by Gasteiger charge is -2.04. The summed E-state index contributed by atoms with van der Waals surface area (Å²) in [6.07, 6.45) is 0. The first-order valence-electron chi connectivity index (χ1n) is 5.46. The van der Waals surface area contributed by atoms with Crippen molar-refractivity contribution in [3.63, 3.8) is 0 Å². The SMILES string of the molecule is Cc1csc(SCCOc2cccc(C#N)c2)n1. The summed E-state index contributed by atoms with van der Waals surface area (Å²) in [6, 6.07) is 9.29. The Bertz CT molecular complexity index is 560. The number of hydrogen-bond acceptors (Lipinski definition) is 5. The van der Waals surface area contributed by atoms with Gasteiger partial charge in [0.15, 0.2) is 0 Å². The smallest absolute Gasteiger partial charge is 0.150 e. The molecule has 0 saturated heterocycles. The minimum absolute atomic E-state index is 0.609. The Balaban J connectivity index is 1.77. The van der Waals surface area contributed by atoms with E-state index in [1.54, 1.807) is 35.2 Å². The third-order valence-electron chi connectivity index (χ3n) is 2.14. The first kappa shape index (κ1) is 12.9. The molecule has 0 aliphatic carbocycles. The molecule has 0 radical (unpaired) electrons. The Hall–Kier alpha value is -1.51. The number of ether oxygens (including phenoxy) is 1. The lowest BCUT2D eigenvalue weighted by molar-refractivity contribution is 0.344. The molecule has 0 spiro atoms. The highest BCUT2D eigenvalue weighted by Gasteiger charge is 2.00. The molecular weight excluding hydrogens is 264 g/mol. The Morgan fingerprint density at radius 3 is 3.11 bits per heavy atom. The summed E-state index contributed by atoms with van der Waals surface area (Å²) in [5.74, 6) is 1.59. The van der Waals surface area contributed by atoms with Gasteiger partial charge in [-0.3, -0.25) is 0 Å². The van der Waals surface area contributed by atoms with Crippen molar-refractivity contribution in [2.45, 2.75) is 11.3 Å². The van der Waals surface area contributed by atoms with Gasteiger partial charge in [0.1, 0.15) is 10.1 Å². The van der Waals surface area contributed by atoms with Crippen LogP contribution in [-0.2, 0) is 0 Å². The maximum Gasteiger partial charge on any atom is 0.150 e. The molecule has 1 heterocycles.